The lowest BCUT2D eigenvalue weighted by Crippen LogP contribution is -2.30. The van der Waals surface area contributed by atoms with Crippen LogP contribution in [0, 0.1) is 23.7 Å². The van der Waals surface area contributed by atoms with Gasteiger partial charge in [0.25, 0.3) is 0 Å². The monoisotopic (exact) mass is 1300 g/mol. The number of hydrogen-bond acceptors (Lipinski definition) is 15. The molecule has 0 fully saturated rings. The van der Waals surface area contributed by atoms with E-state index >= 15 is 0 Å². The van der Waals surface area contributed by atoms with Crippen molar-refractivity contribution >= 4 is 39.5 Å². The Morgan fingerprint density at radius 1 is 0.318 bits per heavy atom. The molecule has 0 saturated heterocycles. The molecule has 0 rings (SSSR count). The highest BCUT2D eigenvalue weighted by Crippen LogP contribution is 2.45. The lowest BCUT2D eigenvalue weighted by Gasteiger charge is -2.21. The summed E-state index contributed by atoms with van der Waals surface area (Å²) >= 11 is 0. The Hall–Kier alpha value is -1.94. The van der Waals surface area contributed by atoms with Crippen LogP contribution in [-0.4, -0.2) is 96.7 Å². The Kier molecular flexibility index (Phi) is 57.6. The number of phosphoric ester groups is 2. The number of carbonyl (C=O) groups excluding carboxylic acids is 4. The Labute approximate surface area is 537 Å². The van der Waals surface area contributed by atoms with Crippen molar-refractivity contribution in [3.63, 3.8) is 0 Å². The fourth-order valence-corrected chi connectivity index (χ4v) is 11.8. The quantitative estimate of drug-likeness (QED) is 0.0222. The molecule has 0 radical (unpaired) electrons. The molecule has 88 heavy (non-hydrogen) atoms. The van der Waals surface area contributed by atoms with Crippen LogP contribution in [0.2, 0.25) is 0 Å². The topological polar surface area (TPSA) is 237 Å². The van der Waals surface area contributed by atoms with Gasteiger partial charge in [0.2, 0.25) is 0 Å². The maximum atomic E-state index is 13.0. The third-order valence-corrected chi connectivity index (χ3v) is 18.4. The zero-order valence-electron chi connectivity index (χ0n) is 57.3. The fraction of sp³-hybridized carbons (Fsp3) is 0.942. The van der Waals surface area contributed by atoms with Crippen molar-refractivity contribution in [2.75, 3.05) is 39.6 Å². The zero-order valence-corrected chi connectivity index (χ0v) is 59.1. The summed E-state index contributed by atoms with van der Waals surface area (Å²) in [6.07, 6.45) is 40.4. The highest BCUT2D eigenvalue weighted by molar-refractivity contribution is 7.47. The summed E-state index contributed by atoms with van der Waals surface area (Å²) in [6.45, 7) is 14.1. The summed E-state index contributed by atoms with van der Waals surface area (Å²) < 4.78 is 68.2. The molecule has 0 heterocycles. The highest BCUT2D eigenvalue weighted by Gasteiger charge is 2.30. The molecule has 0 spiro atoms. The summed E-state index contributed by atoms with van der Waals surface area (Å²) in [5.41, 5.74) is 0. The Balaban J connectivity index is 5.24. The number of aliphatic hydroxyl groups excluding tert-OH is 1. The van der Waals surface area contributed by atoms with Crippen molar-refractivity contribution in [2.45, 2.75) is 356 Å². The van der Waals surface area contributed by atoms with Crippen LogP contribution in [0.3, 0.4) is 0 Å². The second-order valence-electron chi connectivity index (χ2n) is 26.4. The number of aliphatic hydroxyl groups is 1. The van der Waals surface area contributed by atoms with Gasteiger partial charge in [-0.2, -0.15) is 0 Å². The van der Waals surface area contributed by atoms with Crippen molar-refractivity contribution in [2.24, 2.45) is 23.7 Å². The van der Waals surface area contributed by atoms with Crippen molar-refractivity contribution in [3.8, 4) is 0 Å². The van der Waals surface area contributed by atoms with Gasteiger partial charge in [-0.3, -0.25) is 37.3 Å². The molecule has 0 aromatic rings. The normalized spacial score (nSPS) is 14.9. The molecule has 0 aromatic carbocycles. The maximum Gasteiger partial charge on any atom is 0.472 e. The van der Waals surface area contributed by atoms with Crippen LogP contribution < -0.4 is 0 Å². The average molecular weight is 1300 g/mol. The molecular formula is C69H134O17P2. The smallest absolute Gasteiger partial charge is 0.462 e. The minimum Gasteiger partial charge on any atom is -0.462 e. The van der Waals surface area contributed by atoms with Gasteiger partial charge in [-0.1, -0.05) is 287 Å². The van der Waals surface area contributed by atoms with E-state index in [2.05, 4.69) is 55.4 Å². The first-order valence-electron chi connectivity index (χ1n) is 35.8. The van der Waals surface area contributed by atoms with Gasteiger partial charge in [0.05, 0.1) is 26.4 Å². The summed E-state index contributed by atoms with van der Waals surface area (Å²) in [7, 11) is -9.90. The zero-order chi connectivity index (χ0) is 65.4. The summed E-state index contributed by atoms with van der Waals surface area (Å²) in [4.78, 5) is 72.5. The van der Waals surface area contributed by atoms with Gasteiger partial charge in [0.15, 0.2) is 12.2 Å². The lowest BCUT2D eigenvalue weighted by atomic mass is 10.00. The Morgan fingerprint density at radius 2 is 0.545 bits per heavy atom. The first kappa shape index (κ1) is 86.1. The van der Waals surface area contributed by atoms with Gasteiger partial charge in [-0.15, -0.1) is 0 Å². The number of phosphoric acid groups is 2. The largest absolute Gasteiger partial charge is 0.472 e. The molecule has 4 unspecified atom stereocenters. The van der Waals surface area contributed by atoms with E-state index in [0.29, 0.717) is 25.7 Å². The van der Waals surface area contributed by atoms with Crippen LogP contribution in [0.15, 0.2) is 0 Å². The fourth-order valence-electron chi connectivity index (χ4n) is 10.2. The van der Waals surface area contributed by atoms with E-state index in [1.165, 1.54) is 135 Å². The van der Waals surface area contributed by atoms with Crippen LogP contribution in [-0.2, 0) is 65.4 Å². The van der Waals surface area contributed by atoms with Crippen LogP contribution in [0.25, 0.3) is 0 Å². The van der Waals surface area contributed by atoms with E-state index in [9.17, 15) is 43.2 Å². The molecule has 0 saturated carbocycles. The molecule has 0 aliphatic carbocycles. The minimum absolute atomic E-state index is 0.102. The molecule has 522 valence electrons. The molecular weight excluding hydrogens is 1160 g/mol. The molecule has 17 nitrogen and oxygen atoms in total. The van der Waals surface area contributed by atoms with Gasteiger partial charge in [0, 0.05) is 25.7 Å². The molecule has 0 aliphatic rings. The predicted octanol–water partition coefficient (Wildman–Crippen LogP) is 19.3. The minimum atomic E-state index is -4.95. The average Bonchev–Trinajstić information content (AvgIpc) is 3.55. The molecule has 19 heteroatoms. The third-order valence-electron chi connectivity index (χ3n) is 16.5. The predicted molar refractivity (Wildman–Crippen MR) is 354 cm³/mol. The Morgan fingerprint density at radius 3 is 0.807 bits per heavy atom. The van der Waals surface area contributed by atoms with Crippen LogP contribution >= 0.6 is 15.6 Å². The second kappa shape index (κ2) is 58.8. The van der Waals surface area contributed by atoms with Gasteiger partial charge in [-0.05, 0) is 49.4 Å². The number of rotatable bonds is 66. The third kappa shape index (κ3) is 60.3. The molecule has 0 bridgehead atoms. The number of carbonyl (C=O) groups is 4. The SMILES string of the molecule is CCC(C)CCCCCCCCC(=O)OC[C@H](COP(=O)(O)OC[C@H](O)COP(=O)(O)OC[C@@H](COC(=O)CCCCCCCCCCCCCCC(C)C)OC(=O)CCCCCCCCC(C)CC)OC(=O)CCCCCCCCCCCCC(C)C. The van der Waals surface area contributed by atoms with Crippen molar-refractivity contribution < 1.29 is 80.2 Å². The van der Waals surface area contributed by atoms with E-state index in [1.54, 1.807) is 0 Å². The van der Waals surface area contributed by atoms with Crippen molar-refractivity contribution in [3.05, 3.63) is 0 Å². The second-order valence-corrected chi connectivity index (χ2v) is 29.3. The van der Waals surface area contributed by atoms with E-state index in [4.69, 9.17) is 37.0 Å². The summed E-state index contributed by atoms with van der Waals surface area (Å²) in [5.74, 6) is 0.851. The van der Waals surface area contributed by atoms with Crippen LogP contribution in [0.4, 0.5) is 0 Å². The first-order valence-corrected chi connectivity index (χ1v) is 38.8. The van der Waals surface area contributed by atoms with Crippen LogP contribution in [0.1, 0.15) is 338 Å². The van der Waals surface area contributed by atoms with E-state index in [-0.39, 0.29) is 25.7 Å². The first-order chi connectivity index (χ1) is 42.2. The molecule has 0 aliphatic heterocycles. The van der Waals surface area contributed by atoms with Gasteiger partial charge >= 0.3 is 39.5 Å². The highest BCUT2D eigenvalue weighted by atomic mass is 31.2. The van der Waals surface area contributed by atoms with Crippen LogP contribution in [0.5, 0.6) is 0 Å². The summed E-state index contributed by atoms with van der Waals surface area (Å²) in [5, 5.41) is 10.6. The lowest BCUT2D eigenvalue weighted by molar-refractivity contribution is -0.161. The molecule has 3 N–H and O–H groups in total. The van der Waals surface area contributed by atoms with Gasteiger partial charge in [0.1, 0.15) is 19.3 Å². The van der Waals surface area contributed by atoms with E-state index in [0.717, 1.165) is 120 Å². The number of esters is 4. The van der Waals surface area contributed by atoms with Gasteiger partial charge < -0.3 is 33.8 Å². The molecule has 7 atom stereocenters. The maximum absolute atomic E-state index is 13.0. The Bertz CT molecular complexity index is 1750. The van der Waals surface area contributed by atoms with Crippen molar-refractivity contribution in [1.82, 2.24) is 0 Å². The summed E-state index contributed by atoms with van der Waals surface area (Å²) in [6, 6.07) is 0. The molecule has 0 aromatic heterocycles. The van der Waals surface area contributed by atoms with E-state index in [1.807, 2.05) is 0 Å². The molecule has 0 amide bonds. The van der Waals surface area contributed by atoms with E-state index < -0.39 is 97.5 Å². The standard InChI is InChI=1S/C69H134O17P2/c1-9-61(7)47-39-31-25-27-34-42-50-67(72)80-56-64(85-68(73)51-43-35-24-20-16-15-18-22-30-38-46-60(5)6)57-83-87(75,76)81-53-63(70)54-82-88(77,78)84-58-65(86-69(74)52-44-36-28-26-32-40-48-62(8)10-2)55-79-66(71)49-41-33-23-19-14-12-11-13-17-21-29-37-45-59(3)4/h59-65,70H,9-58H2,1-8H3,(H,75,76)(H,77,78)/t61?,62?,63-,64+,65+/m0/s1. The number of hydrogen-bond donors (Lipinski definition) is 3. The number of ether oxygens (including phenoxy) is 4. The van der Waals surface area contributed by atoms with Crippen molar-refractivity contribution in [1.29, 1.82) is 0 Å². The van der Waals surface area contributed by atoms with Gasteiger partial charge in [-0.25, -0.2) is 9.13 Å². The number of unbranched alkanes of at least 4 members (excludes halogenated alkanes) is 30.